The first-order chi connectivity index (χ1) is 12.9. The van der Waals surface area contributed by atoms with Gasteiger partial charge in [0.2, 0.25) is 0 Å². The van der Waals surface area contributed by atoms with Crippen LogP contribution in [-0.2, 0) is 12.8 Å². The summed E-state index contributed by atoms with van der Waals surface area (Å²) in [6.07, 6.45) is 2.18. The Balaban J connectivity index is 0.000000221. The smallest absolute Gasteiger partial charge is 0.123 e. The van der Waals surface area contributed by atoms with Gasteiger partial charge in [0, 0.05) is 15.8 Å². The third-order valence-corrected chi connectivity index (χ3v) is 6.01. The van der Waals surface area contributed by atoms with Crippen molar-refractivity contribution in [3.8, 4) is 10.6 Å². The summed E-state index contributed by atoms with van der Waals surface area (Å²) >= 11 is 3.56. The van der Waals surface area contributed by atoms with Crippen molar-refractivity contribution >= 4 is 22.7 Å². The summed E-state index contributed by atoms with van der Waals surface area (Å²) in [5.74, 6) is 0. The minimum Gasteiger partial charge on any atom is -0.247 e. The SMILES string of the molecule is Cc1nc(-c2ccccc2)sc1CC(C)(C)C.Cc1nc(CC(C)(C)C)cs1. The summed E-state index contributed by atoms with van der Waals surface area (Å²) in [5, 5.41) is 4.47. The highest BCUT2D eigenvalue weighted by Gasteiger charge is 2.17. The first-order valence-electron chi connectivity index (χ1n) is 9.86. The molecule has 0 aliphatic rings. The standard InChI is InChI=1S/C15H19NS.C9H15NS/c1-11-13(10-15(2,3)4)17-14(16-11)12-8-6-5-7-9-12;1-7-10-8(6-11-7)5-9(2,3)4/h5-9H,10H2,1-4H3;6H,5H2,1-4H3. The molecule has 3 aromatic rings. The summed E-state index contributed by atoms with van der Waals surface area (Å²) in [6.45, 7) is 17.7. The van der Waals surface area contributed by atoms with Gasteiger partial charge in [0.1, 0.15) is 5.01 Å². The third-order valence-electron chi connectivity index (χ3n) is 3.98. The zero-order chi connectivity index (χ0) is 20.9. The minimum absolute atomic E-state index is 0.325. The number of nitrogens with zero attached hydrogens (tertiary/aromatic N) is 2. The summed E-state index contributed by atoms with van der Waals surface area (Å²) < 4.78 is 0. The van der Waals surface area contributed by atoms with Crippen molar-refractivity contribution in [1.82, 2.24) is 9.97 Å². The highest BCUT2D eigenvalue weighted by atomic mass is 32.1. The number of benzene rings is 1. The third kappa shape index (κ3) is 7.84. The van der Waals surface area contributed by atoms with Gasteiger partial charge in [-0.1, -0.05) is 71.9 Å². The van der Waals surface area contributed by atoms with Crippen LogP contribution in [0, 0.1) is 24.7 Å². The predicted molar refractivity (Wildman–Crippen MR) is 125 cm³/mol. The van der Waals surface area contributed by atoms with Gasteiger partial charge >= 0.3 is 0 Å². The van der Waals surface area contributed by atoms with Crippen molar-refractivity contribution in [2.24, 2.45) is 10.8 Å². The minimum atomic E-state index is 0.325. The first kappa shape index (κ1) is 22.8. The van der Waals surface area contributed by atoms with E-state index in [4.69, 9.17) is 0 Å². The molecule has 1 aromatic carbocycles. The van der Waals surface area contributed by atoms with Crippen LogP contribution < -0.4 is 0 Å². The molecule has 2 aromatic heterocycles. The number of thiazole rings is 2. The lowest BCUT2D eigenvalue weighted by Crippen LogP contribution is -2.09. The maximum absolute atomic E-state index is 4.68. The molecular formula is C24H34N2S2. The Morgan fingerprint density at radius 2 is 1.43 bits per heavy atom. The van der Waals surface area contributed by atoms with Crippen LogP contribution in [0.15, 0.2) is 35.7 Å². The molecule has 152 valence electrons. The molecule has 0 aliphatic heterocycles. The summed E-state index contributed by atoms with van der Waals surface area (Å²) in [5.41, 5.74) is 4.33. The van der Waals surface area contributed by atoms with Gasteiger partial charge in [-0.25, -0.2) is 9.97 Å². The molecule has 28 heavy (non-hydrogen) atoms. The highest BCUT2D eigenvalue weighted by molar-refractivity contribution is 7.15. The molecule has 0 bridgehead atoms. The van der Waals surface area contributed by atoms with Crippen molar-refractivity contribution in [3.05, 3.63) is 57.0 Å². The second-order valence-electron chi connectivity index (χ2n) is 9.73. The number of rotatable bonds is 3. The average Bonchev–Trinajstić information content (AvgIpc) is 3.12. The second-order valence-corrected chi connectivity index (χ2v) is 11.9. The average molecular weight is 415 g/mol. The molecule has 4 heteroatoms. The van der Waals surface area contributed by atoms with Crippen molar-refractivity contribution in [2.75, 3.05) is 0 Å². The summed E-state index contributed by atoms with van der Waals surface area (Å²) in [7, 11) is 0. The lowest BCUT2D eigenvalue weighted by molar-refractivity contribution is 0.407. The van der Waals surface area contributed by atoms with Crippen LogP contribution in [-0.4, -0.2) is 9.97 Å². The lowest BCUT2D eigenvalue weighted by atomic mass is 9.91. The van der Waals surface area contributed by atoms with Crippen molar-refractivity contribution in [1.29, 1.82) is 0 Å². The molecule has 0 aliphatic carbocycles. The van der Waals surface area contributed by atoms with E-state index in [0.29, 0.717) is 10.8 Å². The normalized spacial score (nSPS) is 11.9. The van der Waals surface area contributed by atoms with Crippen LogP contribution in [0.2, 0.25) is 0 Å². The number of aryl methyl sites for hydroxylation is 2. The van der Waals surface area contributed by atoms with Gasteiger partial charge in [-0.2, -0.15) is 0 Å². The Labute approximate surface area is 179 Å². The van der Waals surface area contributed by atoms with Crippen molar-refractivity contribution in [2.45, 2.75) is 68.2 Å². The van der Waals surface area contributed by atoms with Crippen molar-refractivity contribution < 1.29 is 0 Å². The molecule has 0 saturated carbocycles. The quantitative estimate of drug-likeness (QED) is 0.438. The van der Waals surface area contributed by atoms with E-state index in [-0.39, 0.29) is 0 Å². The molecule has 0 unspecified atom stereocenters. The van der Waals surface area contributed by atoms with E-state index in [1.807, 2.05) is 17.4 Å². The Kier molecular flexibility index (Phi) is 7.58. The van der Waals surface area contributed by atoms with E-state index < -0.39 is 0 Å². The van der Waals surface area contributed by atoms with Crippen LogP contribution in [0.25, 0.3) is 10.6 Å². The van der Waals surface area contributed by atoms with E-state index in [0.717, 1.165) is 17.8 Å². The molecule has 3 rings (SSSR count). The molecule has 0 N–H and O–H groups in total. The number of hydrogen-bond acceptors (Lipinski definition) is 4. The number of hydrogen-bond donors (Lipinski definition) is 0. The fourth-order valence-corrected chi connectivity index (χ4v) is 4.79. The van der Waals surface area contributed by atoms with Gasteiger partial charge in [0.05, 0.1) is 16.4 Å². The molecule has 0 spiro atoms. The Bertz CT molecular complexity index is 862. The molecule has 0 radical (unpaired) electrons. The Morgan fingerprint density at radius 3 is 1.93 bits per heavy atom. The molecule has 0 atom stereocenters. The topological polar surface area (TPSA) is 25.8 Å². The maximum Gasteiger partial charge on any atom is 0.123 e. The van der Waals surface area contributed by atoms with Gasteiger partial charge in [-0.15, -0.1) is 22.7 Å². The van der Waals surface area contributed by atoms with Crippen LogP contribution >= 0.6 is 22.7 Å². The first-order valence-corrected chi connectivity index (χ1v) is 11.6. The van der Waals surface area contributed by atoms with Crippen molar-refractivity contribution in [3.63, 3.8) is 0 Å². The fraction of sp³-hybridized carbons (Fsp3) is 0.500. The number of aromatic nitrogens is 2. The van der Waals surface area contributed by atoms with Gasteiger partial charge in [-0.3, -0.25) is 0 Å². The lowest BCUT2D eigenvalue weighted by Gasteiger charge is -2.16. The van der Waals surface area contributed by atoms with Crippen LogP contribution in [0.5, 0.6) is 0 Å². The summed E-state index contributed by atoms with van der Waals surface area (Å²) in [4.78, 5) is 10.5. The Hall–Kier alpha value is -1.52. The highest BCUT2D eigenvalue weighted by Crippen LogP contribution is 2.32. The monoisotopic (exact) mass is 414 g/mol. The molecule has 2 heterocycles. The molecular weight excluding hydrogens is 380 g/mol. The van der Waals surface area contributed by atoms with E-state index in [1.54, 1.807) is 11.3 Å². The van der Waals surface area contributed by atoms with E-state index in [9.17, 15) is 0 Å². The van der Waals surface area contributed by atoms with E-state index in [1.165, 1.54) is 26.8 Å². The molecule has 0 fully saturated rings. The zero-order valence-electron chi connectivity index (χ0n) is 18.6. The van der Waals surface area contributed by atoms with Crippen LogP contribution in [0.1, 0.15) is 62.8 Å². The predicted octanol–water partition coefficient (Wildman–Crippen LogP) is 7.75. The summed E-state index contributed by atoms with van der Waals surface area (Å²) in [6, 6.07) is 10.4. The molecule has 0 amide bonds. The maximum atomic E-state index is 4.68. The Morgan fingerprint density at radius 1 is 0.821 bits per heavy atom. The van der Waals surface area contributed by atoms with Crippen LogP contribution in [0.4, 0.5) is 0 Å². The van der Waals surface area contributed by atoms with Gasteiger partial charge in [-0.05, 0) is 37.5 Å². The van der Waals surface area contributed by atoms with E-state index >= 15 is 0 Å². The van der Waals surface area contributed by atoms with Gasteiger partial charge < -0.3 is 0 Å². The van der Waals surface area contributed by atoms with E-state index in [2.05, 4.69) is 95.0 Å². The van der Waals surface area contributed by atoms with Crippen LogP contribution in [0.3, 0.4) is 0 Å². The largest absolute Gasteiger partial charge is 0.247 e. The van der Waals surface area contributed by atoms with Gasteiger partial charge in [0.15, 0.2) is 0 Å². The molecule has 0 saturated heterocycles. The zero-order valence-corrected chi connectivity index (χ0v) is 20.2. The van der Waals surface area contributed by atoms with Gasteiger partial charge in [0.25, 0.3) is 0 Å². The fourth-order valence-electron chi connectivity index (χ4n) is 2.81. The second kappa shape index (κ2) is 9.32. The molecule has 2 nitrogen and oxygen atoms in total.